The number of carbonyl (C=O) groups is 1. The van der Waals surface area contributed by atoms with Crippen molar-refractivity contribution in [2.24, 2.45) is 0 Å². The number of anilines is 1. The zero-order valence-electron chi connectivity index (χ0n) is 9.49. The monoisotopic (exact) mass is 230 g/mol. The highest BCUT2D eigenvalue weighted by atomic mass is 16.3. The van der Waals surface area contributed by atoms with Crippen LogP contribution in [0.2, 0.25) is 0 Å². The van der Waals surface area contributed by atoms with Crippen molar-refractivity contribution in [2.75, 3.05) is 5.32 Å². The summed E-state index contributed by atoms with van der Waals surface area (Å²) in [6.07, 6.45) is 3.71. The van der Waals surface area contributed by atoms with E-state index in [9.17, 15) is 9.90 Å². The van der Waals surface area contributed by atoms with Gasteiger partial charge in [-0.25, -0.2) is 0 Å². The molecule has 0 saturated heterocycles. The van der Waals surface area contributed by atoms with Crippen LogP contribution < -0.4 is 5.32 Å². The first-order valence-electron chi connectivity index (χ1n) is 5.73. The molecule has 2 rings (SSSR count). The normalized spacial score (nSPS) is 13.6. The third-order valence-electron chi connectivity index (χ3n) is 3.02. The molecule has 0 spiro atoms. The minimum atomic E-state index is -0.300. The van der Waals surface area contributed by atoms with Crippen molar-refractivity contribution >= 4 is 11.6 Å². The molecule has 0 radical (unpaired) electrons. The molecule has 2 N–H and O–H groups in total. The fourth-order valence-electron chi connectivity index (χ4n) is 2.23. The van der Waals surface area contributed by atoms with Crippen LogP contribution in [0.4, 0.5) is 5.69 Å². The molecule has 0 saturated carbocycles. The molecule has 4 nitrogen and oxygen atoms in total. The average Bonchev–Trinajstić information content (AvgIpc) is 2.34. The molecule has 88 valence electrons. The first kappa shape index (κ1) is 11.5. The summed E-state index contributed by atoms with van der Waals surface area (Å²) in [5.74, 6) is 0.00365. The highest BCUT2D eigenvalue weighted by Crippen LogP contribution is 2.34. The van der Waals surface area contributed by atoms with Gasteiger partial charge in [-0.2, -0.15) is 5.26 Å². The Morgan fingerprint density at radius 2 is 2.06 bits per heavy atom. The fourth-order valence-corrected chi connectivity index (χ4v) is 2.23. The van der Waals surface area contributed by atoms with Crippen molar-refractivity contribution in [2.45, 2.75) is 32.1 Å². The lowest BCUT2D eigenvalue weighted by Gasteiger charge is -2.20. The maximum absolute atomic E-state index is 11.4. The van der Waals surface area contributed by atoms with Crippen molar-refractivity contribution < 1.29 is 9.90 Å². The third kappa shape index (κ3) is 2.39. The number of hydrogen-bond donors (Lipinski definition) is 2. The summed E-state index contributed by atoms with van der Waals surface area (Å²) in [4.78, 5) is 11.4. The molecule has 4 heteroatoms. The molecule has 0 bridgehead atoms. The van der Waals surface area contributed by atoms with Gasteiger partial charge in [0.15, 0.2) is 0 Å². The molecule has 0 atom stereocenters. The van der Waals surface area contributed by atoms with E-state index in [0.29, 0.717) is 5.75 Å². The Kier molecular flexibility index (Phi) is 3.29. The topological polar surface area (TPSA) is 73.1 Å². The standard InChI is InChI=1S/C13H14N2O2/c14-8-7-13(17)15-11-5-6-12(16)10-4-2-1-3-9(10)11/h5-6,16H,1-4,7H2,(H,15,17). The number of carbonyl (C=O) groups excluding carboxylic acids is 1. The van der Waals surface area contributed by atoms with E-state index in [0.717, 1.165) is 42.5 Å². The predicted molar refractivity (Wildman–Crippen MR) is 63.6 cm³/mol. The van der Waals surface area contributed by atoms with Crippen LogP contribution in [0.5, 0.6) is 5.75 Å². The van der Waals surface area contributed by atoms with Gasteiger partial charge in [0.25, 0.3) is 0 Å². The molecule has 0 unspecified atom stereocenters. The molecule has 0 fully saturated rings. The lowest BCUT2D eigenvalue weighted by Crippen LogP contribution is -2.14. The quantitative estimate of drug-likeness (QED) is 0.764. The second kappa shape index (κ2) is 4.88. The average molecular weight is 230 g/mol. The molecule has 0 heterocycles. The van der Waals surface area contributed by atoms with E-state index in [-0.39, 0.29) is 12.3 Å². The van der Waals surface area contributed by atoms with Crippen molar-refractivity contribution in [1.82, 2.24) is 0 Å². The number of nitriles is 1. The predicted octanol–water partition coefficient (Wildman–Crippen LogP) is 2.12. The minimum absolute atomic E-state index is 0.143. The van der Waals surface area contributed by atoms with Crippen LogP contribution >= 0.6 is 0 Å². The number of fused-ring (bicyclic) bond motifs is 1. The van der Waals surface area contributed by atoms with Gasteiger partial charge in [-0.15, -0.1) is 0 Å². The summed E-state index contributed by atoms with van der Waals surface area (Å²) in [5, 5.41) is 20.9. The van der Waals surface area contributed by atoms with Gasteiger partial charge in [-0.3, -0.25) is 4.79 Å². The van der Waals surface area contributed by atoms with E-state index in [2.05, 4.69) is 5.32 Å². The van der Waals surface area contributed by atoms with Gasteiger partial charge in [0, 0.05) is 5.69 Å². The van der Waals surface area contributed by atoms with Gasteiger partial charge in [-0.05, 0) is 48.9 Å². The largest absolute Gasteiger partial charge is 0.508 e. The summed E-state index contributed by atoms with van der Waals surface area (Å²) >= 11 is 0. The lowest BCUT2D eigenvalue weighted by molar-refractivity contribution is -0.115. The number of phenolic OH excluding ortho intramolecular Hbond substituents is 1. The van der Waals surface area contributed by atoms with E-state index < -0.39 is 0 Å². The van der Waals surface area contributed by atoms with Crippen LogP contribution in [0.1, 0.15) is 30.4 Å². The van der Waals surface area contributed by atoms with Gasteiger partial charge in [0.2, 0.25) is 5.91 Å². The molecule has 1 aliphatic rings. The Bertz CT molecular complexity index is 489. The molecular formula is C13H14N2O2. The van der Waals surface area contributed by atoms with Crippen molar-refractivity contribution in [3.8, 4) is 11.8 Å². The molecule has 1 aromatic carbocycles. The first-order chi connectivity index (χ1) is 8.22. The summed E-state index contributed by atoms with van der Waals surface area (Å²) in [7, 11) is 0. The number of nitrogens with one attached hydrogen (secondary N) is 1. The number of aromatic hydroxyl groups is 1. The van der Waals surface area contributed by atoms with Crippen molar-refractivity contribution in [1.29, 1.82) is 5.26 Å². The van der Waals surface area contributed by atoms with E-state index >= 15 is 0 Å². The fraction of sp³-hybridized carbons (Fsp3) is 0.385. The van der Waals surface area contributed by atoms with E-state index in [4.69, 9.17) is 5.26 Å². The van der Waals surface area contributed by atoms with E-state index in [1.54, 1.807) is 12.1 Å². The van der Waals surface area contributed by atoms with Crippen LogP contribution in [-0.2, 0) is 17.6 Å². The van der Waals surface area contributed by atoms with E-state index in [1.807, 2.05) is 6.07 Å². The maximum Gasteiger partial charge on any atom is 0.238 e. The lowest BCUT2D eigenvalue weighted by atomic mass is 9.89. The Balaban J connectivity index is 2.29. The zero-order chi connectivity index (χ0) is 12.3. The SMILES string of the molecule is N#CCC(=O)Nc1ccc(O)c2c1CCCC2. The van der Waals surface area contributed by atoms with Gasteiger partial charge < -0.3 is 10.4 Å². The Hall–Kier alpha value is -2.02. The summed E-state index contributed by atoms with van der Waals surface area (Å²) in [5.41, 5.74) is 2.69. The van der Waals surface area contributed by atoms with Crippen LogP contribution in [0.3, 0.4) is 0 Å². The van der Waals surface area contributed by atoms with Crippen LogP contribution in [-0.4, -0.2) is 11.0 Å². The number of nitrogens with zero attached hydrogens (tertiary/aromatic N) is 1. The van der Waals surface area contributed by atoms with Crippen LogP contribution in [0.25, 0.3) is 0 Å². The smallest absolute Gasteiger partial charge is 0.238 e. The number of phenols is 1. The molecule has 1 aliphatic carbocycles. The zero-order valence-corrected chi connectivity index (χ0v) is 9.49. The molecule has 0 aromatic heterocycles. The molecule has 1 amide bonds. The molecule has 17 heavy (non-hydrogen) atoms. The Morgan fingerprint density at radius 3 is 2.76 bits per heavy atom. The highest BCUT2D eigenvalue weighted by Gasteiger charge is 2.17. The van der Waals surface area contributed by atoms with Gasteiger partial charge in [0.1, 0.15) is 12.2 Å². The van der Waals surface area contributed by atoms with Gasteiger partial charge in [-0.1, -0.05) is 0 Å². The van der Waals surface area contributed by atoms with Gasteiger partial charge >= 0.3 is 0 Å². The number of hydrogen-bond acceptors (Lipinski definition) is 3. The second-order valence-electron chi connectivity index (χ2n) is 4.18. The summed E-state index contributed by atoms with van der Waals surface area (Å²) < 4.78 is 0. The Labute approximate surface area is 99.9 Å². The molecule has 1 aromatic rings. The van der Waals surface area contributed by atoms with Crippen LogP contribution in [0.15, 0.2) is 12.1 Å². The highest BCUT2D eigenvalue weighted by molar-refractivity contribution is 5.93. The van der Waals surface area contributed by atoms with Crippen LogP contribution in [0, 0.1) is 11.3 Å². The van der Waals surface area contributed by atoms with Crippen molar-refractivity contribution in [3.63, 3.8) is 0 Å². The molecular weight excluding hydrogens is 216 g/mol. The molecule has 0 aliphatic heterocycles. The number of benzene rings is 1. The van der Waals surface area contributed by atoms with E-state index in [1.165, 1.54) is 0 Å². The summed E-state index contributed by atoms with van der Waals surface area (Å²) in [6.45, 7) is 0. The van der Waals surface area contributed by atoms with Crippen molar-refractivity contribution in [3.05, 3.63) is 23.3 Å². The second-order valence-corrected chi connectivity index (χ2v) is 4.18. The summed E-state index contributed by atoms with van der Waals surface area (Å²) in [6, 6.07) is 5.12. The Morgan fingerprint density at radius 1 is 1.35 bits per heavy atom. The number of rotatable bonds is 2. The number of amides is 1. The first-order valence-corrected chi connectivity index (χ1v) is 5.73. The van der Waals surface area contributed by atoms with Gasteiger partial charge in [0.05, 0.1) is 6.07 Å². The minimum Gasteiger partial charge on any atom is -0.508 e. The maximum atomic E-state index is 11.4. The third-order valence-corrected chi connectivity index (χ3v) is 3.02.